The number of carbonyl (C=O) groups is 2. The van der Waals surface area contributed by atoms with E-state index in [4.69, 9.17) is 11.6 Å². The summed E-state index contributed by atoms with van der Waals surface area (Å²) < 4.78 is 13.2. The molecule has 0 spiro atoms. The van der Waals surface area contributed by atoms with E-state index >= 15 is 0 Å². The number of hydrogen-bond donors (Lipinski definition) is 2. The summed E-state index contributed by atoms with van der Waals surface area (Å²) in [6.45, 7) is 0. The van der Waals surface area contributed by atoms with Gasteiger partial charge < -0.3 is 10.6 Å². The number of nitrogens with one attached hydrogen (secondary N) is 2. The lowest BCUT2D eigenvalue weighted by Gasteiger charge is -2.08. The molecule has 0 saturated carbocycles. The van der Waals surface area contributed by atoms with E-state index < -0.39 is 11.7 Å². The first-order valence-corrected chi connectivity index (χ1v) is 6.60. The van der Waals surface area contributed by atoms with Gasteiger partial charge in [-0.3, -0.25) is 9.59 Å². The van der Waals surface area contributed by atoms with E-state index in [0.29, 0.717) is 17.7 Å². The van der Waals surface area contributed by atoms with E-state index in [2.05, 4.69) is 10.6 Å². The van der Waals surface area contributed by atoms with Gasteiger partial charge in [-0.25, -0.2) is 4.39 Å². The fourth-order valence-corrected chi connectivity index (χ4v) is 2.31. The number of fused-ring (bicyclic) bond motifs is 1. The Hall–Kier alpha value is -2.40. The minimum absolute atomic E-state index is 0.101. The predicted octanol–water partition coefficient (Wildman–Crippen LogP) is 3.23. The van der Waals surface area contributed by atoms with Crippen LogP contribution in [-0.4, -0.2) is 11.8 Å². The third kappa shape index (κ3) is 2.73. The van der Waals surface area contributed by atoms with E-state index in [1.807, 2.05) is 0 Å². The molecule has 3 rings (SSSR count). The van der Waals surface area contributed by atoms with E-state index in [9.17, 15) is 14.0 Å². The number of amides is 2. The van der Waals surface area contributed by atoms with E-state index in [1.165, 1.54) is 12.1 Å². The quantitative estimate of drug-likeness (QED) is 0.895. The Labute approximate surface area is 124 Å². The first-order chi connectivity index (χ1) is 10.0. The van der Waals surface area contributed by atoms with Crippen LogP contribution in [0.3, 0.4) is 0 Å². The normalized spacial score (nSPS) is 12.8. The number of benzene rings is 2. The van der Waals surface area contributed by atoms with Crippen molar-refractivity contribution in [1.29, 1.82) is 0 Å². The van der Waals surface area contributed by atoms with Crippen LogP contribution < -0.4 is 10.6 Å². The van der Waals surface area contributed by atoms with Crippen LogP contribution in [0, 0.1) is 5.82 Å². The van der Waals surface area contributed by atoms with Gasteiger partial charge in [0.15, 0.2) is 0 Å². The summed E-state index contributed by atoms with van der Waals surface area (Å²) in [5.74, 6) is -1.02. The average Bonchev–Trinajstić information content (AvgIpc) is 2.81. The van der Waals surface area contributed by atoms with Crippen molar-refractivity contribution in [2.75, 3.05) is 10.6 Å². The van der Waals surface area contributed by atoms with Crippen molar-refractivity contribution in [2.24, 2.45) is 0 Å². The molecule has 0 atom stereocenters. The van der Waals surface area contributed by atoms with Crippen molar-refractivity contribution < 1.29 is 14.0 Å². The van der Waals surface area contributed by atoms with Crippen molar-refractivity contribution in [2.45, 2.75) is 6.42 Å². The van der Waals surface area contributed by atoms with Crippen LogP contribution in [0.2, 0.25) is 5.02 Å². The molecule has 6 heteroatoms. The Morgan fingerprint density at radius 2 is 2.05 bits per heavy atom. The molecule has 1 heterocycles. The molecule has 2 aromatic carbocycles. The van der Waals surface area contributed by atoms with E-state index in [0.717, 1.165) is 11.6 Å². The van der Waals surface area contributed by atoms with Crippen LogP contribution in [0.15, 0.2) is 36.4 Å². The Balaban J connectivity index is 1.85. The minimum atomic E-state index is -0.490. The van der Waals surface area contributed by atoms with Crippen molar-refractivity contribution in [3.8, 4) is 0 Å². The summed E-state index contributed by atoms with van der Waals surface area (Å²) in [6.07, 6.45) is 0.312. The molecule has 0 fully saturated rings. The minimum Gasteiger partial charge on any atom is -0.326 e. The van der Waals surface area contributed by atoms with E-state index in [1.54, 1.807) is 18.2 Å². The highest BCUT2D eigenvalue weighted by atomic mass is 35.5. The first kappa shape index (κ1) is 13.6. The number of halogens is 2. The highest BCUT2D eigenvalue weighted by Gasteiger charge is 2.19. The predicted molar refractivity (Wildman–Crippen MR) is 78.1 cm³/mol. The van der Waals surface area contributed by atoms with Crippen LogP contribution in [0.25, 0.3) is 0 Å². The monoisotopic (exact) mass is 304 g/mol. The second kappa shape index (κ2) is 5.18. The molecule has 2 amide bonds. The van der Waals surface area contributed by atoms with Gasteiger partial charge in [-0.05, 0) is 35.9 Å². The molecule has 0 saturated heterocycles. The van der Waals surface area contributed by atoms with Crippen LogP contribution in [0.1, 0.15) is 15.9 Å². The van der Waals surface area contributed by atoms with Gasteiger partial charge in [0.2, 0.25) is 5.91 Å². The van der Waals surface area contributed by atoms with E-state index in [-0.39, 0.29) is 16.6 Å². The first-order valence-electron chi connectivity index (χ1n) is 6.22. The molecule has 1 aliphatic rings. The third-order valence-electron chi connectivity index (χ3n) is 3.17. The van der Waals surface area contributed by atoms with Crippen molar-refractivity contribution >= 4 is 34.8 Å². The maximum absolute atomic E-state index is 13.2. The molecule has 21 heavy (non-hydrogen) atoms. The summed E-state index contributed by atoms with van der Waals surface area (Å²) in [5.41, 5.74) is 2.03. The number of rotatable bonds is 2. The van der Waals surface area contributed by atoms with Gasteiger partial charge in [0.1, 0.15) is 5.82 Å². The van der Waals surface area contributed by atoms with Crippen molar-refractivity contribution in [3.63, 3.8) is 0 Å². The standard InChI is InChI=1S/C15H10ClFN2O2/c16-11-4-3-10(17)7-13(11)19-15(21)9-2-1-8-6-14(20)18-12(8)5-9/h1-5,7H,6H2,(H,18,20)(H,19,21). The van der Waals surface area contributed by atoms with Gasteiger partial charge in [0.25, 0.3) is 5.91 Å². The summed E-state index contributed by atoms with van der Waals surface area (Å²) >= 11 is 5.90. The fraction of sp³-hybridized carbons (Fsp3) is 0.0667. The molecule has 1 aliphatic heterocycles. The molecule has 2 aromatic rings. The van der Waals surface area contributed by atoms with Crippen molar-refractivity contribution in [1.82, 2.24) is 0 Å². The second-order valence-electron chi connectivity index (χ2n) is 4.68. The Bertz CT molecular complexity index is 761. The maximum atomic E-state index is 13.2. The molecule has 0 bridgehead atoms. The topological polar surface area (TPSA) is 58.2 Å². The zero-order valence-electron chi connectivity index (χ0n) is 10.7. The van der Waals surface area contributed by atoms with Gasteiger partial charge >= 0.3 is 0 Å². The van der Waals surface area contributed by atoms with Gasteiger partial charge in [0, 0.05) is 11.3 Å². The van der Waals surface area contributed by atoms with Gasteiger partial charge in [-0.15, -0.1) is 0 Å². The molecule has 0 radical (unpaired) electrons. The van der Waals surface area contributed by atoms with Crippen LogP contribution in [-0.2, 0) is 11.2 Å². The lowest BCUT2D eigenvalue weighted by molar-refractivity contribution is -0.115. The summed E-state index contributed by atoms with van der Waals surface area (Å²) in [7, 11) is 0. The molecular formula is C15H10ClFN2O2. The zero-order valence-corrected chi connectivity index (χ0v) is 11.5. The molecule has 0 aliphatic carbocycles. The van der Waals surface area contributed by atoms with Crippen LogP contribution in [0.5, 0.6) is 0 Å². The second-order valence-corrected chi connectivity index (χ2v) is 5.08. The molecule has 106 valence electrons. The highest BCUT2D eigenvalue weighted by molar-refractivity contribution is 6.33. The summed E-state index contributed by atoms with van der Waals surface area (Å²) in [4.78, 5) is 23.4. The Morgan fingerprint density at radius 3 is 2.86 bits per heavy atom. The smallest absolute Gasteiger partial charge is 0.255 e. The maximum Gasteiger partial charge on any atom is 0.255 e. The molecule has 0 aromatic heterocycles. The van der Waals surface area contributed by atoms with Crippen LogP contribution >= 0.6 is 11.6 Å². The van der Waals surface area contributed by atoms with Gasteiger partial charge in [-0.2, -0.15) is 0 Å². The molecule has 4 nitrogen and oxygen atoms in total. The molecule has 0 unspecified atom stereocenters. The lowest BCUT2D eigenvalue weighted by Crippen LogP contribution is -2.12. The highest BCUT2D eigenvalue weighted by Crippen LogP contribution is 2.26. The number of carbonyl (C=O) groups excluding carboxylic acids is 2. The third-order valence-corrected chi connectivity index (χ3v) is 3.50. The van der Waals surface area contributed by atoms with Gasteiger partial charge in [-0.1, -0.05) is 17.7 Å². The zero-order chi connectivity index (χ0) is 15.0. The van der Waals surface area contributed by atoms with Crippen molar-refractivity contribution in [3.05, 3.63) is 58.4 Å². The largest absolute Gasteiger partial charge is 0.326 e. The summed E-state index contributed by atoms with van der Waals surface area (Å²) in [6, 6.07) is 8.65. The Morgan fingerprint density at radius 1 is 1.24 bits per heavy atom. The molecular weight excluding hydrogens is 295 g/mol. The summed E-state index contributed by atoms with van der Waals surface area (Å²) in [5, 5.41) is 5.47. The SMILES string of the molecule is O=C1Cc2ccc(C(=O)Nc3cc(F)ccc3Cl)cc2N1. The van der Waals surface area contributed by atoms with Crippen LogP contribution in [0.4, 0.5) is 15.8 Å². The molecule has 2 N–H and O–H groups in total. The van der Waals surface area contributed by atoms with Gasteiger partial charge in [0.05, 0.1) is 17.1 Å². The fourth-order valence-electron chi connectivity index (χ4n) is 2.14. The number of anilines is 2. The average molecular weight is 305 g/mol. The Kier molecular flexibility index (Phi) is 3.35. The lowest BCUT2D eigenvalue weighted by atomic mass is 10.1. The number of hydrogen-bond acceptors (Lipinski definition) is 2.